The van der Waals surface area contributed by atoms with E-state index >= 15 is 0 Å². The van der Waals surface area contributed by atoms with Gasteiger partial charge in [0.25, 0.3) is 0 Å². The SMILES string of the molecule is CCCCC(O)C(=O)C(C)(C)N. The van der Waals surface area contributed by atoms with Gasteiger partial charge in [0, 0.05) is 0 Å². The highest BCUT2D eigenvalue weighted by atomic mass is 16.3. The molecule has 0 saturated carbocycles. The van der Waals surface area contributed by atoms with E-state index in [-0.39, 0.29) is 5.78 Å². The van der Waals surface area contributed by atoms with Gasteiger partial charge in [0.05, 0.1) is 5.54 Å². The van der Waals surface area contributed by atoms with E-state index in [1.165, 1.54) is 0 Å². The zero-order valence-electron chi connectivity index (χ0n) is 8.13. The van der Waals surface area contributed by atoms with Gasteiger partial charge in [-0.15, -0.1) is 0 Å². The molecular weight excluding hydrogens is 154 g/mol. The predicted molar refractivity (Wildman–Crippen MR) is 48.8 cm³/mol. The highest BCUT2D eigenvalue weighted by Crippen LogP contribution is 2.08. The number of rotatable bonds is 5. The molecule has 3 heteroatoms. The van der Waals surface area contributed by atoms with Crippen molar-refractivity contribution in [3.8, 4) is 0 Å². The van der Waals surface area contributed by atoms with Crippen molar-refractivity contribution in [1.82, 2.24) is 0 Å². The van der Waals surface area contributed by atoms with Crippen LogP contribution >= 0.6 is 0 Å². The third kappa shape index (κ3) is 3.83. The predicted octanol–water partition coefficient (Wildman–Crippen LogP) is 0.844. The minimum atomic E-state index is -0.910. The largest absolute Gasteiger partial charge is 0.385 e. The van der Waals surface area contributed by atoms with Crippen LogP contribution in [0.5, 0.6) is 0 Å². The van der Waals surface area contributed by atoms with Crippen molar-refractivity contribution in [2.45, 2.75) is 51.7 Å². The standard InChI is InChI=1S/C9H19NO2/c1-4-5-6-7(11)8(12)9(2,3)10/h7,11H,4-6,10H2,1-3H3. The van der Waals surface area contributed by atoms with Gasteiger partial charge in [-0.25, -0.2) is 0 Å². The number of aliphatic hydroxyl groups excluding tert-OH is 1. The molecule has 0 amide bonds. The number of hydrogen-bond donors (Lipinski definition) is 2. The lowest BCUT2D eigenvalue weighted by Crippen LogP contribution is -2.47. The molecule has 0 saturated heterocycles. The van der Waals surface area contributed by atoms with Crippen LogP contribution in [-0.4, -0.2) is 22.5 Å². The van der Waals surface area contributed by atoms with Crippen molar-refractivity contribution in [3.63, 3.8) is 0 Å². The van der Waals surface area contributed by atoms with E-state index in [2.05, 4.69) is 0 Å². The van der Waals surface area contributed by atoms with Gasteiger partial charge in [-0.2, -0.15) is 0 Å². The summed E-state index contributed by atoms with van der Waals surface area (Å²) in [6.07, 6.45) is 1.49. The molecule has 0 rings (SSSR count). The Bertz CT molecular complexity index is 149. The second-order valence-corrected chi connectivity index (χ2v) is 3.74. The molecule has 12 heavy (non-hydrogen) atoms. The van der Waals surface area contributed by atoms with Crippen LogP contribution in [0.1, 0.15) is 40.0 Å². The topological polar surface area (TPSA) is 63.3 Å². The number of nitrogens with two attached hydrogens (primary N) is 1. The molecule has 0 aliphatic carbocycles. The lowest BCUT2D eigenvalue weighted by atomic mass is 9.94. The molecule has 0 fully saturated rings. The summed E-state index contributed by atoms with van der Waals surface area (Å²) in [6, 6.07) is 0. The molecule has 0 aromatic rings. The van der Waals surface area contributed by atoms with Crippen LogP contribution in [0.3, 0.4) is 0 Å². The summed E-state index contributed by atoms with van der Waals surface area (Å²) in [6.45, 7) is 5.25. The Morgan fingerprint density at radius 2 is 2.08 bits per heavy atom. The highest BCUT2D eigenvalue weighted by Gasteiger charge is 2.27. The van der Waals surface area contributed by atoms with Crippen LogP contribution in [-0.2, 0) is 4.79 Å². The lowest BCUT2D eigenvalue weighted by Gasteiger charge is -2.20. The van der Waals surface area contributed by atoms with Gasteiger partial charge >= 0.3 is 0 Å². The zero-order chi connectivity index (χ0) is 9.78. The Balaban J connectivity index is 3.94. The monoisotopic (exact) mass is 173 g/mol. The first kappa shape index (κ1) is 11.6. The Kier molecular flexibility index (Phi) is 4.42. The molecule has 0 spiro atoms. The Labute approximate surface area is 74.0 Å². The zero-order valence-corrected chi connectivity index (χ0v) is 8.13. The maximum atomic E-state index is 11.3. The Hall–Kier alpha value is -0.410. The van der Waals surface area contributed by atoms with E-state index in [9.17, 15) is 9.90 Å². The summed E-state index contributed by atoms with van der Waals surface area (Å²) >= 11 is 0. The number of unbranched alkanes of at least 4 members (excludes halogenated alkanes) is 1. The molecular formula is C9H19NO2. The first-order chi connectivity index (χ1) is 5.39. The van der Waals surface area contributed by atoms with Crippen molar-refractivity contribution in [3.05, 3.63) is 0 Å². The fourth-order valence-electron chi connectivity index (χ4n) is 0.958. The minimum Gasteiger partial charge on any atom is -0.385 e. The summed E-state index contributed by atoms with van der Waals surface area (Å²) in [5.41, 5.74) is 4.63. The first-order valence-corrected chi connectivity index (χ1v) is 4.41. The van der Waals surface area contributed by atoms with Crippen molar-refractivity contribution in [2.24, 2.45) is 5.73 Å². The second-order valence-electron chi connectivity index (χ2n) is 3.74. The van der Waals surface area contributed by atoms with Gasteiger partial charge in [0.2, 0.25) is 0 Å². The quantitative estimate of drug-likeness (QED) is 0.647. The summed E-state index contributed by atoms with van der Waals surface area (Å²) in [7, 11) is 0. The van der Waals surface area contributed by atoms with Crippen molar-refractivity contribution < 1.29 is 9.90 Å². The number of carbonyl (C=O) groups excluding carboxylic acids is 1. The van der Waals surface area contributed by atoms with Crippen LogP contribution < -0.4 is 5.73 Å². The molecule has 0 aliphatic rings. The third-order valence-corrected chi connectivity index (χ3v) is 1.77. The molecule has 3 nitrogen and oxygen atoms in total. The molecule has 0 aromatic carbocycles. The van der Waals surface area contributed by atoms with Crippen LogP contribution in [0.25, 0.3) is 0 Å². The highest BCUT2D eigenvalue weighted by molar-refractivity contribution is 5.90. The lowest BCUT2D eigenvalue weighted by molar-refractivity contribution is -0.131. The second kappa shape index (κ2) is 4.58. The number of Topliss-reactive ketones (excluding diaryl/α,β-unsaturated/α-hetero) is 1. The molecule has 0 bridgehead atoms. The van der Waals surface area contributed by atoms with E-state index in [0.717, 1.165) is 12.8 Å². The summed E-state index contributed by atoms with van der Waals surface area (Å²) in [5, 5.41) is 9.35. The average Bonchev–Trinajstić information content (AvgIpc) is 1.97. The van der Waals surface area contributed by atoms with Crippen molar-refractivity contribution >= 4 is 5.78 Å². The molecule has 0 heterocycles. The number of ketones is 1. The number of hydrogen-bond acceptors (Lipinski definition) is 3. The maximum absolute atomic E-state index is 11.3. The van der Waals surface area contributed by atoms with Gasteiger partial charge < -0.3 is 10.8 Å². The Morgan fingerprint density at radius 1 is 1.58 bits per heavy atom. The summed E-state index contributed by atoms with van der Waals surface area (Å²) in [4.78, 5) is 11.3. The van der Waals surface area contributed by atoms with E-state index in [1.807, 2.05) is 6.92 Å². The van der Waals surface area contributed by atoms with Crippen LogP contribution in [0.4, 0.5) is 0 Å². The molecule has 0 radical (unpaired) electrons. The third-order valence-electron chi connectivity index (χ3n) is 1.77. The fourth-order valence-corrected chi connectivity index (χ4v) is 0.958. The van der Waals surface area contributed by atoms with Crippen LogP contribution in [0.15, 0.2) is 0 Å². The van der Waals surface area contributed by atoms with Crippen LogP contribution in [0, 0.1) is 0 Å². The summed E-state index contributed by atoms with van der Waals surface area (Å²) < 4.78 is 0. The van der Waals surface area contributed by atoms with Crippen molar-refractivity contribution in [1.29, 1.82) is 0 Å². The van der Waals surface area contributed by atoms with E-state index in [4.69, 9.17) is 5.73 Å². The van der Waals surface area contributed by atoms with Gasteiger partial charge in [-0.3, -0.25) is 4.79 Å². The average molecular weight is 173 g/mol. The summed E-state index contributed by atoms with van der Waals surface area (Å²) in [5.74, 6) is -0.268. The van der Waals surface area contributed by atoms with Gasteiger partial charge in [-0.1, -0.05) is 19.8 Å². The van der Waals surface area contributed by atoms with E-state index < -0.39 is 11.6 Å². The Morgan fingerprint density at radius 3 is 2.42 bits per heavy atom. The molecule has 0 aromatic heterocycles. The van der Waals surface area contributed by atoms with E-state index in [1.54, 1.807) is 13.8 Å². The first-order valence-electron chi connectivity index (χ1n) is 4.41. The minimum absolute atomic E-state index is 0.268. The van der Waals surface area contributed by atoms with Gasteiger partial charge in [-0.05, 0) is 20.3 Å². The fraction of sp³-hybridized carbons (Fsp3) is 0.889. The van der Waals surface area contributed by atoms with Crippen molar-refractivity contribution in [2.75, 3.05) is 0 Å². The smallest absolute Gasteiger partial charge is 0.180 e. The molecule has 3 N–H and O–H groups in total. The van der Waals surface area contributed by atoms with Gasteiger partial charge in [0.1, 0.15) is 6.10 Å². The maximum Gasteiger partial charge on any atom is 0.180 e. The normalized spacial score (nSPS) is 14.4. The molecule has 1 unspecified atom stereocenters. The van der Waals surface area contributed by atoms with Gasteiger partial charge in [0.15, 0.2) is 5.78 Å². The molecule has 0 aliphatic heterocycles. The molecule has 1 atom stereocenters. The van der Waals surface area contributed by atoms with E-state index in [0.29, 0.717) is 6.42 Å². The number of carbonyl (C=O) groups is 1. The van der Waals surface area contributed by atoms with Crippen LogP contribution in [0.2, 0.25) is 0 Å². The molecule has 72 valence electrons. The number of aliphatic hydroxyl groups is 1.